The second-order valence-corrected chi connectivity index (χ2v) is 9.23. The lowest BCUT2D eigenvalue weighted by atomic mass is 9.88. The number of rotatable bonds is 4. The molecule has 1 saturated carbocycles. The average Bonchev–Trinajstić information content (AvgIpc) is 3.24. The Morgan fingerprint density at radius 3 is 2.57 bits per heavy atom. The molecule has 0 unspecified atom stereocenters. The zero-order valence-electron chi connectivity index (χ0n) is 17.0. The third-order valence-corrected chi connectivity index (χ3v) is 5.94. The van der Waals surface area contributed by atoms with Gasteiger partial charge >= 0.3 is 6.29 Å². The Balaban J connectivity index is 1.39. The van der Waals surface area contributed by atoms with Gasteiger partial charge in [0.2, 0.25) is 0 Å². The Morgan fingerprint density at radius 2 is 1.87 bits per heavy atom. The number of ketones is 1. The van der Waals surface area contributed by atoms with Crippen LogP contribution in [0.25, 0.3) is 11.0 Å². The van der Waals surface area contributed by atoms with Crippen molar-refractivity contribution in [2.24, 2.45) is 0 Å². The van der Waals surface area contributed by atoms with Crippen molar-refractivity contribution in [3.05, 3.63) is 53.3 Å². The van der Waals surface area contributed by atoms with E-state index < -0.39 is 11.7 Å². The van der Waals surface area contributed by atoms with Gasteiger partial charge in [0.15, 0.2) is 11.5 Å². The molecule has 30 heavy (non-hydrogen) atoms. The third kappa shape index (κ3) is 3.13. The number of fused-ring (bicyclic) bond motifs is 2. The highest BCUT2D eigenvalue weighted by molar-refractivity contribution is 5.95. The highest BCUT2D eigenvalue weighted by Gasteiger charge is 2.52. The van der Waals surface area contributed by atoms with Crippen molar-refractivity contribution in [3.63, 3.8) is 0 Å². The van der Waals surface area contributed by atoms with E-state index in [-0.39, 0.29) is 29.1 Å². The molecule has 1 aromatic carbocycles. The summed E-state index contributed by atoms with van der Waals surface area (Å²) in [5.74, 6) is 0.0197. The molecule has 0 bridgehead atoms. The van der Waals surface area contributed by atoms with E-state index in [2.05, 4.69) is 46.3 Å². The Morgan fingerprint density at radius 1 is 1.13 bits per heavy atom. The number of hydrogen-bond donors (Lipinski definition) is 1. The number of aromatic nitrogens is 2. The molecule has 2 aliphatic rings. The molecule has 0 saturated heterocycles. The standard InChI is InChI=1S/C23H22F2N2O3/c1-21(2,3)18-10-14-8-13(12-26-20(14)27-18)9-19(28)22(6-7-22)15-4-5-16-17(11-15)30-23(24,25)29-16/h4-5,8,10-12H,6-7,9H2,1-3H3,(H,26,27). The number of ether oxygens (including phenoxy) is 2. The first kappa shape index (κ1) is 19.0. The zero-order chi connectivity index (χ0) is 21.3. The summed E-state index contributed by atoms with van der Waals surface area (Å²) in [5.41, 5.74) is 2.74. The fraction of sp³-hybridized carbons (Fsp3) is 0.391. The maximum Gasteiger partial charge on any atom is 0.586 e. The lowest BCUT2D eigenvalue weighted by molar-refractivity contribution is -0.286. The minimum Gasteiger partial charge on any atom is -0.395 e. The van der Waals surface area contributed by atoms with E-state index in [4.69, 9.17) is 0 Å². The Kier molecular flexibility index (Phi) is 3.82. The number of hydrogen-bond acceptors (Lipinski definition) is 4. The molecule has 0 amide bonds. The van der Waals surface area contributed by atoms with Gasteiger partial charge in [0, 0.05) is 29.1 Å². The van der Waals surface area contributed by atoms with Crippen molar-refractivity contribution in [3.8, 4) is 11.5 Å². The normalized spacial score (nSPS) is 18.6. The topological polar surface area (TPSA) is 64.2 Å². The summed E-state index contributed by atoms with van der Waals surface area (Å²) in [6.07, 6.45) is -0.319. The number of carbonyl (C=O) groups is 1. The summed E-state index contributed by atoms with van der Waals surface area (Å²) in [4.78, 5) is 21.0. The second kappa shape index (κ2) is 6.03. The monoisotopic (exact) mass is 412 g/mol. The van der Waals surface area contributed by atoms with E-state index in [0.29, 0.717) is 18.4 Å². The van der Waals surface area contributed by atoms with Crippen molar-refractivity contribution in [1.29, 1.82) is 0 Å². The first-order valence-electron chi connectivity index (χ1n) is 9.98. The van der Waals surface area contributed by atoms with Gasteiger partial charge in [0.25, 0.3) is 0 Å². The highest BCUT2D eigenvalue weighted by atomic mass is 19.3. The number of nitrogens with one attached hydrogen (secondary N) is 1. The lowest BCUT2D eigenvalue weighted by Crippen LogP contribution is -2.26. The number of carbonyl (C=O) groups excluding carboxylic acids is 1. The lowest BCUT2D eigenvalue weighted by Gasteiger charge is -2.15. The summed E-state index contributed by atoms with van der Waals surface area (Å²) in [5, 5.41) is 0.973. The van der Waals surface area contributed by atoms with Crippen LogP contribution < -0.4 is 9.47 Å². The van der Waals surface area contributed by atoms with Gasteiger partial charge in [-0.25, -0.2) is 4.98 Å². The van der Waals surface area contributed by atoms with Gasteiger partial charge < -0.3 is 14.5 Å². The number of nitrogens with zero attached hydrogens (tertiary/aromatic N) is 1. The predicted octanol–water partition coefficient (Wildman–Crippen LogP) is 5.03. The van der Waals surface area contributed by atoms with E-state index in [1.165, 1.54) is 12.1 Å². The summed E-state index contributed by atoms with van der Waals surface area (Å²) in [6.45, 7) is 6.38. The fourth-order valence-corrected chi connectivity index (χ4v) is 4.02. The maximum absolute atomic E-state index is 13.3. The highest BCUT2D eigenvalue weighted by Crippen LogP contribution is 2.52. The summed E-state index contributed by atoms with van der Waals surface area (Å²) in [7, 11) is 0. The van der Waals surface area contributed by atoms with Crippen LogP contribution >= 0.6 is 0 Å². The molecule has 7 heteroatoms. The van der Waals surface area contributed by atoms with E-state index in [1.807, 2.05) is 6.07 Å². The van der Waals surface area contributed by atoms with Crippen LogP contribution in [0.4, 0.5) is 8.78 Å². The van der Waals surface area contributed by atoms with Crippen LogP contribution in [0.15, 0.2) is 36.5 Å². The van der Waals surface area contributed by atoms with Crippen molar-refractivity contribution in [1.82, 2.24) is 9.97 Å². The molecular formula is C23H22F2N2O3. The molecule has 3 heterocycles. The van der Waals surface area contributed by atoms with Gasteiger partial charge in [0.05, 0.1) is 5.41 Å². The summed E-state index contributed by atoms with van der Waals surface area (Å²) < 4.78 is 35.6. The molecule has 3 aromatic rings. The fourth-order valence-electron chi connectivity index (χ4n) is 4.02. The van der Waals surface area contributed by atoms with E-state index in [0.717, 1.165) is 22.3 Å². The Hall–Kier alpha value is -2.96. The first-order valence-corrected chi connectivity index (χ1v) is 9.98. The van der Waals surface area contributed by atoms with Crippen LogP contribution in [0.3, 0.4) is 0 Å². The number of pyridine rings is 1. The minimum absolute atomic E-state index is 0.0104. The molecule has 0 spiro atoms. The summed E-state index contributed by atoms with van der Waals surface area (Å²) in [6, 6.07) is 8.69. The number of aromatic amines is 1. The van der Waals surface area contributed by atoms with Crippen LogP contribution in [0.5, 0.6) is 11.5 Å². The van der Waals surface area contributed by atoms with Crippen LogP contribution in [-0.2, 0) is 22.0 Å². The first-order chi connectivity index (χ1) is 14.1. The maximum atomic E-state index is 13.3. The van der Waals surface area contributed by atoms with Crippen LogP contribution in [0, 0.1) is 0 Å². The van der Waals surface area contributed by atoms with E-state index in [1.54, 1.807) is 12.3 Å². The number of H-pyrrole nitrogens is 1. The Labute approximate surface area is 172 Å². The van der Waals surface area contributed by atoms with Crippen molar-refractivity contribution < 1.29 is 23.0 Å². The van der Waals surface area contributed by atoms with Crippen LogP contribution in [-0.4, -0.2) is 22.0 Å². The summed E-state index contributed by atoms with van der Waals surface area (Å²) >= 11 is 0. The molecule has 2 aromatic heterocycles. The van der Waals surface area contributed by atoms with Gasteiger partial charge in [-0.15, -0.1) is 8.78 Å². The molecule has 1 N–H and O–H groups in total. The molecule has 1 aliphatic carbocycles. The number of halogens is 2. The van der Waals surface area contributed by atoms with Gasteiger partial charge in [0.1, 0.15) is 11.4 Å². The minimum atomic E-state index is -3.66. The van der Waals surface area contributed by atoms with Crippen LogP contribution in [0.2, 0.25) is 0 Å². The quantitative estimate of drug-likeness (QED) is 0.653. The third-order valence-electron chi connectivity index (χ3n) is 5.94. The average molecular weight is 412 g/mol. The number of alkyl halides is 2. The zero-order valence-corrected chi connectivity index (χ0v) is 17.0. The van der Waals surface area contributed by atoms with Gasteiger partial charge in [-0.1, -0.05) is 26.8 Å². The molecule has 0 atom stereocenters. The van der Waals surface area contributed by atoms with E-state index >= 15 is 0 Å². The number of Topliss-reactive ketones (excluding diaryl/α,β-unsaturated/α-hetero) is 1. The molecular weight excluding hydrogens is 390 g/mol. The SMILES string of the molecule is CC(C)(C)c1cc2cc(CC(=O)C3(c4ccc5c(c4)OC(F)(F)O5)CC3)cnc2[nH]1. The van der Waals surface area contributed by atoms with Gasteiger partial charge in [-0.05, 0) is 48.2 Å². The van der Waals surface area contributed by atoms with Crippen molar-refractivity contribution in [2.75, 3.05) is 0 Å². The molecule has 0 radical (unpaired) electrons. The van der Waals surface area contributed by atoms with E-state index in [9.17, 15) is 13.6 Å². The predicted molar refractivity (Wildman–Crippen MR) is 107 cm³/mol. The van der Waals surface area contributed by atoms with Gasteiger partial charge in [-0.3, -0.25) is 4.79 Å². The molecule has 156 valence electrons. The van der Waals surface area contributed by atoms with Crippen LogP contribution in [0.1, 0.15) is 50.4 Å². The van der Waals surface area contributed by atoms with Crippen molar-refractivity contribution in [2.45, 2.75) is 57.2 Å². The molecule has 1 fully saturated rings. The van der Waals surface area contributed by atoms with Gasteiger partial charge in [-0.2, -0.15) is 0 Å². The second-order valence-electron chi connectivity index (χ2n) is 9.23. The smallest absolute Gasteiger partial charge is 0.395 e. The molecule has 5 nitrogen and oxygen atoms in total. The molecule has 5 rings (SSSR count). The Bertz CT molecular complexity index is 1170. The number of benzene rings is 1. The van der Waals surface area contributed by atoms with Crippen molar-refractivity contribution >= 4 is 16.8 Å². The molecule has 1 aliphatic heterocycles. The largest absolute Gasteiger partial charge is 0.586 e.